The average Bonchev–Trinajstić information content (AvgIpc) is 1.89. The Balaban J connectivity index is 0.903. The highest BCUT2D eigenvalue weighted by molar-refractivity contribution is 7.02. The molecule has 0 bridgehead atoms. The lowest BCUT2D eigenvalue weighted by Crippen LogP contribution is -2.64. The fourth-order valence-electron chi connectivity index (χ4n) is 14.1. The molecule has 4 heterocycles. The van der Waals surface area contributed by atoms with Crippen molar-refractivity contribution in [1.29, 1.82) is 0 Å². The fraction of sp³-hybridized carbons (Fsp3) is 0.105. The van der Waals surface area contributed by atoms with Gasteiger partial charge < -0.3 is 19.4 Å². The van der Waals surface area contributed by atoms with Crippen LogP contribution in [0, 0.1) is 0 Å². The first-order valence-corrected chi connectivity index (χ1v) is 29.0. The van der Waals surface area contributed by atoms with E-state index in [1.54, 1.807) is 0 Å². The second-order valence-corrected chi connectivity index (χ2v) is 24.8. The molecule has 12 aromatic rings. The summed E-state index contributed by atoms with van der Waals surface area (Å²) >= 11 is 0. The Bertz CT molecular complexity index is 4530. The monoisotopic (exact) mass is 1050 g/mol. The van der Waals surface area contributed by atoms with Gasteiger partial charge >= 0.3 is 0 Å². The fourth-order valence-corrected chi connectivity index (χ4v) is 14.1. The van der Waals surface area contributed by atoms with Crippen LogP contribution in [-0.2, 0) is 10.8 Å². The van der Waals surface area contributed by atoms with Crippen molar-refractivity contribution < 1.29 is 4.74 Å². The molecule has 0 N–H and O–H groups in total. The zero-order chi connectivity index (χ0) is 55.2. The van der Waals surface area contributed by atoms with Crippen LogP contribution in [0.3, 0.4) is 0 Å². The van der Waals surface area contributed by atoms with E-state index in [4.69, 9.17) is 4.74 Å². The van der Waals surface area contributed by atoms with Gasteiger partial charge in [0.05, 0.1) is 0 Å². The van der Waals surface area contributed by atoms with Crippen molar-refractivity contribution in [3.05, 3.63) is 260 Å². The molecule has 0 unspecified atom stereocenters. The molecule has 4 nitrogen and oxygen atoms in total. The molecule has 0 spiro atoms. The zero-order valence-electron chi connectivity index (χ0n) is 47.1. The lowest BCUT2D eigenvalue weighted by molar-refractivity contribution is 0.483. The summed E-state index contributed by atoms with van der Waals surface area (Å²) in [5.41, 5.74) is 25.1. The number of hydrogen-bond donors (Lipinski definition) is 0. The normalized spacial score (nSPS) is 13.7. The summed E-state index contributed by atoms with van der Waals surface area (Å²) in [6.07, 6.45) is 0. The molecule has 6 heteroatoms. The van der Waals surface area contributed by atoms with Crippen molar-refractivity contribution in [1.82, 2.24) is 0 Å². The molecule has 0 fully saturated rings. The Kier molecular flexibility index (Phi) is 10.6. The highest BCUT2D eigenvalue weighted by Crippen LogP contribution is 2.50. The van der Waals surface area contributed by atoms with E-state index < -0.39 is 0 Å². The van der Waals surface area contributed by atoms with Crippen molar-refractivity contribution in [2.24, 2.45) is 0 Å². The molecular formula is C76H59B2N3O. The van der Waals surface area contributed by atoms with Gasteiger partial charge in [0.1, 0.15) is 11.5 Å². The lowest BCUT2D eigenvalue weighted by atomic mass is 9.30. The summed E-state index contributed by atoms with van der Waals surface area (Å²) in [5.74, 6) is 1.80. The van der Waals surface area contributed by atoms with Crippen LogP contribution >= 0.6 is 0 Å². The van der Waals surface area contributed by atoms with Gasteiger partial charge in [-0.3, -0.25) is 0 Å². The molecule has 4 aliphatic rings. The van der Waals surface area contributed by atoms with Gasteiger partial charge in [0.2, 0.25) is 0 Å². The quantitative estimate of drug-likeness (QED) is 0.126. The number of para-hydroxylation sites is 4. The summed E-state index contributed by atoms with van der Waals surface area (Å²) in [7, 11) is 0. The second-order valence-electron chi connectivity index (χ2n) is 24.8. The van der Waals surface area contributed by atoms with Gasteiger partial charge in [0.15, 0.2) is 0 Å². The Morgan fingerprint density at radius 3 is 1.18 bits per heavy atom. The molecule has 0 aromatic heterocycles. The number of fused-ring (bicyclic) bond motifs is 10. The predicted octanol–water partition coefficient (Wildman–Crippen LogP) is 16.4. The first kappa shape index (κ1) is 48.4. The molecule has 390 valence electrons. The molecule has 0 saturated carbocycles. The number of hydrogen-bond acceptors (Lipinski definition) is 4. The van der Waals surface area contributed by atoms with Crippen LogP contribution < -0.4 is 52.2 Å². The minimum absolute atomic E-state index is 0.0581. The Labute approximate surface area is 481 Å². The molecule has 0 aliphatic carbocycles. The van der Waals surface area contributed by atoms with Gasteiger partial charge in [-0.2, -0.15) is 0 Å². The standard InChI is InChI=1S/C76H59B2N3O/c1-75(2,3)50-42-66-73-67(43-50)81(53-28-14-9-15-29-53)65-47-69-62(46-61(65)77(73)59-34-20-22-36-63(59)79(66)52-26-12-8-13-27-52)78-60-35-21-23-37-64(60)80(68-44-51(76(4,5)6)45-70(82-69)74(68)78)54-40-38-49(39-41-54)72-57-32-18-16-30-55(57)71(48-24-10-7-11-25-48)56-31-17-19-33-58(56)72/h7-47H,1-6H3. The number of rotatable bonds is 5. The van der Waals surface area contributed by atoms with Gasteiger partial charge in [0, 0.05) is 57.3 Å². The van der Waals surface area contributed by atoms with Crippen LogP contribution in [0.15, 0.2) is 249 Å². The number of nitrogens with zero attached hydrogens (tertiary/aromatic N) is 3. The molecule has 0 saturated heterocycles. The number of benzene rings is 12. The van der Waals surface area contributed by atoms with Crippen molar-refractivity contribution in [2.45, 2.75) is 52.4 Å². The van der Waals surface area contributed by atoms with Crippen LogP contribution in [-0.4, -0.2) is 13.4 Å². The average molecular weight is 1050 g/mol. The third kappa shape index (κ3) is 7.26. The van der Waals surface area contributed by atoms with E-state index in [-0.39, 0.29) is 24.3 Å². The van der Waals surface area contributed by atoms with E-state index in [0.717, 1.165) is 39.9 Å². The van der Waals surface area contributed by atoms with Crippen LogP contribution in [0.4, 0.5) is 51.2 Å². The van der Waals surface area contributed by atoms with Gasteiger partial charge in [-0.05, 0) is 171 Å². The molecule has 82 heavy (non-hydrogen) atoms. The van der Waals surface area contributed by atoms with Gasteiger partial charge in [-0.15, -0.1) is 0 Å². The smallest absolute Gasteiger partial charge is 0.256 e. The summed E-state index contributed by atoms with van der Waals surface area (Å²) in [5, 5.41) is 5.00. The van der Waals surface area contributed by atoms with Crippen molar-refractivity contribution >= 4 is 119 Å². The highest BCUT2D eigenvalue weighted by Gasteiger charge is 2.48. The Hall–Kier alpha value is -9.51. The minimum atomic E-state index is -0.167. The number of ether oxygens (including phenoxy) is 1. The maximum atomic E-state index is 7.57. The van der Waals surface area contributed by atoms with Crippen LogP contribution in [0.25, 0.3) is 43.8 Å². The van der Waals surface area contributed by atoms with Crippen molar-refractivity contribution in [3.8, 4) is 33.8 Å². The molecule has 0 amide bonds. The van der Waals surface area contributed by atoms with Crippen LogP contribution in [0.1, 0.15) is 52.7 Å². The molecule has 0 atom stereocenters. The van der Waals surface area contributed by atoms with E-state index in [1.165, 1.54) is 110 Å². The second kappa shape index (κ2) is 18.0. The minimum Gasteiger partial charge on any atom is -0.458 e. The zero-order valence-corrected chi connectivity index (χ0v) is 47.1. The lowest BCUT2D eigenvalue weighted by Gasteiger charge is -2.46. The summed E-state index contributed by atoms with van der Waals surface area (Å²) in [4.78, 5) is 7.54. The summed E-state index contributed by atoms with van der Waals surface area (Å²) in [6.45, 7) is 13.8. The third-order valence-corrected chi connectivity index (χ3v) is 17.9. The maximum absolute atomic E-state index is 7.57. The molecular weight excluding hydrogens is 992 g/mol. The predicted molar refractivity (Wildman–Crippen MR) is 350 cm³/mol. The molecule has 0 radical (unpaired) electrons. The van der Waals surface area contributed by atoms with E-state index in [2.05, 4.69) is 305 Å². The largest absolute Gasteiger partial charge is 0.458 e. The Morgan fingerprint density at radius 1 is 0.293 bits per heavy atom. The van der Waals surface area contributed by atoms with E-state index in [1.807, 2.05) is 0 Å². The van der Waals surface area contributed by atoms with E-state index in [9.17, 15) is 0 Å². The van der Waals surface area contributed by atoms with Crippen molar-refractivity contribution in [3.63, 3.8) is 0 Å². The first-order chi connectivity index (χ1) is 40.0. The SMILES string of the molecule is CC(C)(C)c1cc2c3c(c1)N(c1ccc(-c4c5ccccc5c(-c5ccccc5)c5ccccc45)cc1)c1ccccc1B3c1cc3c(cc1O2)N(c1ccccc1)c1cc(C(C)(C)C)cc2c1B3c1ccccc1N2c1ccccc1. The van der Waals surface area contributed by atoms with Gasteiger partial charge in [-0.25, -0.2) is 0 Å². The topological polar surface area (TPSA) is 19.0 Å². The van der Waals surface area contributed by atoms with E-state index >= 15 is 0 Å². The first-order valence-electron chi connectivity index (χ1n) is 29.0. The van der Waals surface area contributed by atoms with Gasteiger partial charge in [-0.1, -0.05) is 211 Å². The number of anilines is 9. The molecule has 16 rings (SSSR count). The maximum Gasteiger partial charge on any atom is 0.256 e. The van der Waals surface area contributed by atoms with E-state index in [0.29, 0.717) is 0 Å². The summed E-state index contributed by atoms with van der Waals surface area (Å²) in [6, 6.07) is 92.9. The molecule has 12 aromatic carbocycles. The Morgan fingerprint density at radius 2 is 0.683 bits per heavy atom. The highest BCUT2D eigenvalue weighted by atomic mass is 16.5. The third-order valence-electron chi connectivity index (χ3n) is 17.9. The summed E-state index contributed by atoms with van der Waals surface area (Å²) < 4.78 is 7.57. The van der Waals surface area contributed by atoms with Gasteiger partial charge in [0.25, 0.3) is 13.4 Å². The van der Waals surface area contributed by atoms with Crippen molar-refractivity contribution in [2.75, 3.05) is 14.7 Å². The van der Waals surface area contributed by atoms with Crippen LogP contribution in [0.5, 0.6) is 11.5 Å². The molecule has 4 aliphatic heterocycles. The van der Waals surface area contributed by atoms with Crippen LogP contribution in [0.2, 0.25) is 0 Å².